The number of alkyl halides is 2. The maximum atomic E-state index is 13.4. The molecule has 0 bridgehead atoms. The Morgan fingerprint density at radius 3 is 2.25 bits per heavy atom. The molecule has 2 heterocycles. The van der Waals surface area contributed by atoms with Crippen molar-refractivity contribution in [3.63, 3.8) is 0 Å². The number of nitrogens with zero attached hydrogens (tertiary/aromatic N) is 3. The third kappa shape index (κ3) is 3.29. The molecule has 2 saturated heterocycles. The van der Waals surface area contributed by atoms with Crippen molar-refractivity contribution in [1.29, 1.82) is 0 Å². The van der Waals surface area contributed by atoms with Crippen LogP contribution < -0.4 is 5.73 Å². The quantitative estimate of drug-likeness (QED) is 0.840. The van der Waals surface area contributed by atoms with Gasteiger partial charge in [0.2, 0.25) is 5.91 Å². The lowest BCUT2D eigenvalue weighted by molar-refractivity contribution is -0.178. The number of hydrogen-bond acceptors (Lipinski definition) is 3. The van der Waals surface area contributed by atoms with E-state index in [0.29, 0.717) is 5.56 Å². The van der Waals surface area contributed by atoms with Crippen LogP contribution in [0, 0.1) is 0 Å². The van der Waals surface area contributed by atoms with Gasteiger partial charge in [0.15, 0.2) is 5.54 Å². The van der Waals surface area contributed by atoms with Gasteiger partial charge in [0.05, 0.1) is 13.1 Å². The van der Waals surface area contributed by atoms with E-state index in [4.69, 9.17) is 5.73 Å². The average Bonchev–Trinajstić information content (AvgIpc) is 2.55. The van der Waals surface area contributed by atoms with E-state index in [2.05, 4.69) is 0 Å². The maximum Gasteiger partial charge on any atom is 0.314 e. The molecule has 1 spiro atoms. The highest BCUT2D eigenvalue weighted by molar-refractivity contribution is 6.00. The summed E-state index contributed by atoms with van der Waals surface area (Å²) in [6, 6.07) is 4.87. The molecule has 2 fully saturated rings. The Hall–Kier alpha value is -2.71. The second-order valence-electron chi connectivity index (χ2n) is 7.82. The summed E-state index contributed by atoms with van der Waals surface area (Å²) in [5.74, 6) is -3.43. The van der Waals surface area contributed by atoms with Crippen LogP contribution in [0.4, 0.5) is 13.6 Å². The zero-order valence-electron chi connectivity index (χ0n) is 16.1. The number of piperazine rings is 1. The smallest absolute Gasteiger partial charge is 0.314 e. The largest absolute Gasteiger partial charge is 0.351 e. The van der Waals surface area contributed by atoms with Crippen molar-refractivity contribution in [1.82, 2.24) is 14.7 Å². The first-order valence-electron chi connectivity index (χ1n) is 9.09. The molecular weight excluding hydrogens is 370 g/mol. The second-order valence-corrected chi connectivity index (χ2v) is 7.82. The standard InChI is InChI=1S/C19H24F2N4O3/c1-12(2)24-9-15(26)25(19(16(24)27)10-23(11-19)17(22)28)8-13-4-6-14(7-5-13)18(3,20)21/h4-7,12H,8-11H2,1-3H3,(H2,22,28). The maximum absolute atomic E-state index is 13.4. The first kappa shape index (κ1) is 20.0. The Labute approximate surface area is 162 Å². The summed E-state index contributed by atoms with van der Waals surface area (Å²) >= 11 is 0. The van der Waals surface area contributed by atoms with Crippen LogP contribution in [0.15, 0.2) is 24.3 Å². The van der Waals surface area contributed by atoms with Crippen molar-refractivity contribution in [2.75, 3.05) is 19.6 Å². The van der Waals surface area contributed by atoms with E-state index < -0.39 is 17.5 Å². The number of nitrogens with two attached hydrogens (primary N) is 1. The molecule has 3 rings (SSSR count). The molecule has 0 aliphatic carbocycles. The molecule has 28 heavy (non-hydrogen) atoms. The van der Waals surface area contributed by atoms with Gasteiger partial charge in [-0.3, -0.25) is 9.59 Å². The highest BCUT2D eigenvalue weighted by Crippen LogP contribution is 2.36. The van der Waals surface area contributed by atoms with Gasteiger partial charge in [-0.1, -0.05) is 24.3 Å². The van der Waals surface area contributed by atoms with Gasteiger partial charge in [-0.2, -0.15) is 0 Å². The Bertz CT molecular complexity index is 798. The summed E-state index contributed by atoms with van der Waals surface area (Å²) in [5, 5.41) is 0. The lowest BCUT2D eigenvalue weighted by atomic mass is 9.83. The minimum atomic E-state index is -2.95. The molecule has 0 saturated carbocycles. The highest BCUT2D eigenvalue weighted by Gasteiger charge is 2.60. The first-order valence-corrected chi connectivity index (χ1v) is 9.09. The molecule has 1 aromatic carbocycles. The number of amides is 4. The number of benzene rings is 1. The molecule has 152 valence electrons. The number of carbonyl (C=O) groups is 3. The predicted molar refractivity (Wildman–Crippen MR) is 97.3 cm³/mol. The van der Waals surface area contributed by atoms with Gasteiger partial charge in [0.25, 0.3) is 11.8 Å². The average molecular weight is 394 g/mol. The minimum absolute atomic E-state index is 0.0290. The summed E-state index contributed by atoms with van der Waals surface area (Å²) in [6.45, 7) is 4.56. The van der Waals surface area contributed by atoms with Gasteiger partial charge in [-0.05, 0) is 19.4 Å². The zero-order valence-corrected chi connectivity index (χ0v) is 16.1. The van der Waals surface area contributed by atoms with Crippen molar-refractivity contribution in [3.05, 3.63) is 35.4 Å². The number of likely N-dealkylation sites (tertiary alicyclic amines) is 1. The van der Waals surface area contributed by atoms with Crippen molar-refractivity contribution < 1.29 is 23.2 Å². The lowest BCUT2D eigenvalue weighted by Crippen LogP contribution is -2.81. The van der Waals surface area contributed by atoms with E-state index >= 15 is 0 Å². The van der Waals surface area contributed by atoms with E-state index in [-0.39, 0.29) is 49.6 Å². The van der Waals surface area contributed by atoms with E-state index in [9.17, 15) is 23.2 Å². The third-order valence-electron chi connectivity index (χ3n) is 5.42. The van der Waals surface area contributed by atoms with Gasteiger partial charge in [-0.25, -0.2) is 13.6 Å². The Morgan fingerprint density at radius 2 is 1.79 bits per heavy atom. The van der Waals surface area contributed by atoms with E-state index in [1.807, 2.05) is 13.8 Å². The van der Waals surface area contributed by atoms with Gasteiger partial charge in [0.1, 0.15) is 6.54 Å². The Kier molecular flexibility index (Phi) is 4.81. The summed E-state index contributed by atoms with van der Waals surface area (Å²) in [7, 11) is 0. The number of urea groups is 1. The fourth-order valence-electron chi connectivity index (χ4n) is 3.71. The van der Waals surface area contributed by atoms with E-state index in [1.54, 1.807) is 0 Å². The molecular formula is C19H24F2N4O3. The fraction of sp³-hybridized carbons (Fsp3) is 0.526. The van der Waals surface area contributed by atoms with Crippen molar-refractivity contribution in [2.24, 2.45) is 5.73 Å². The topological polar surface area (TPSA) is 86.9 Å². The Morgan fingerprint density at radius 1 is 1.21 bits per heavy atom. The van der Waals surface area contributed by atoms with Gasteiger partial charge in [0, 0.05) is 25.1 Å². The Balaban J connectivity index is 1.88. The molecule has 2 aliphatic rings. The molecule has 0 unspecified atom stereocenters. The van der Waals surface area contributed by atoms with Crippen LogP contribution in [-0.4, -0.2) is 63.8 Å². The number of carbonyl (C=O) groups excluding carboxylic acids is 3. The summed E-state index contributed by atoms with van der Waals surface area (Å²) < 4.78 is 26.8. The molecule has 0 aromatic heterocycles. The molecule has 2 aliphatic heterocycles. The van der Waals surface area contributed by atoms with Gasteiger partial charge < -0.3 is 20.4 Å². The van der Waals surface area contributed by atoms with Crippen LogP contribution in [0.5, 0.6) is 0 Å². The van der Waals surface area contributed by atoms with Crippen LogP contribution in [0.1, 0.15) is 31.9 Å². The van der Waals surface area contributed by atoms with E-state index in [1.165, 1.54) is 39.0 Å². The van der Waals surface area contributed by atoms with Crippen molar-refractivity contribution in [2.45, 2.75) is 44.8 Å². The summed E-state index contributed by atoms with van der Waals surface area (Å²) in [4.78, 5) is 41.7. The molecule has 2 N–H and O–H groups in total. The normalized spacial score (nSPS) is 19.4. The second kappa shape index (κ2) is 6.72. The van der Waals surface area contributed by atoms with Crippen LogP contribution in [0.25, 0.3) is 0 Å². The van der Waals surface area contributed by atoms with Crippen LogP contribution >= 0.6 is 0 Å². The molecule has 0 radical (unpaired) electrons. The molecule has 9 heteroatoms. The SMILES string of the molecule is CC(C)N1CC(=O)N(Cc2ccc(C(C)(F)F)cc2)C2(CN(C(N)=O)C2)C1=O. The van der Waals surface area contributed by atoms with Crippen LogP contribution in [0.3, 0.4) is 0 Å². The summed E-state index contributed by atoms with van der Waals surface area (Å²) in [6.07, 6.45) is 0. The van der Waals surface area contributed by atoms with Crippen LogP contribution in [0.2, 0.25) is 0 Å². The number of hydrogen-bond donors (Lipinski definition) is 1. The monoisotopic (exact) mass is 394 g/mol. The van der Waals surface area contributed by atoms with Crippen molar-refractivity contribution >= 4 is 17.8 Å². The van der Waals surface area contributed by atoms with Gasteiger partial charge >= 0.3 is 6.03 Å². The lowest BCUT2D eigenvalue weighted by Gasteiger charge is -2.58. The predicted octanol–water partition coefficient (Wildman–Crippen LogP) is 1.51. The summed E-state index contributed by atoms with van der Waals surface area (Å²) in [5.41, 5.74) is 4.65. The minimum Gasteiger partial charge on any atom is -0.351 e. The molecule has 0 atom stereocenters. The first-order chi connectivity index (χ1) is 13.0. The number of primary amides is 1. The molecule has 7 nitrogen and oxygen atoms in total. The highest BCUT2D eigenvalue weighted by atomic mass is 19.3. The van der Waals surface area contributed by atoms with Crippen molar-refractivity contribution in [3.8, 4) is 0 Å². The third-order valence-corrected chi connectivity index (χ3v) is 5.42. The molecule has 1 aromatic rings. The van der Waals surface area contributed by atoms with Crippen LogP contribution in [-0.2, 0) is 22.1 Å². The zero-order chi connectivity index (χ0) is 20.9. The molecule has 4 amide bonds. The number of halogens is 2. The number of rotatable bonds is 4. The fourth-order valence-corrected chi connectivity index (χ4v) is 3.71. The van der Waals surface area contributed by atoms with E-state index in [0.717, 1.165) is 6.92 Å². The van der Waals surface area contributed by atoms with Gasteiger partial charge in [-0.15, -0.1) is 0 Å².